The third-order valence-electron chi connectivity index (χ3n) is 3.37. The highest BCUT2D eigenvalue weighted by Crippen LogP contribution is 2.15. The number of likely N-dealkylation sites (tertiary alicyclic amines) is 1. The third kappa shape index (κ3) is 3.67. The zero-order valence-electron chi connectivity index (χ0n) is 11.5. The number of aromatic hydroxyl groups is 1. The van der Waals surface area contributed by atoms with E-state index in [9.17, 15) is 9.90 Å². The lowest BCUT2D eigenvalue weighted by atomic mass is 10.2. The fourth-order valence-corrected chi connectivity index (χ4v) is 2.30. The van der Waals surface area contributed by atoms with E-state index < -0.39 is 0 Å². The fraction of sp³-hybridized carbons (Fsp3) is 0.571. The van der Waals surface area contributed by atoms with Crippen LogP contribution in [0.25, 0.3) is 0 Å². The third-order valence-corrected chi connectivity index (χ3v) is 3.37. The summed E-state index contributed by atoms with van der Waals surface area (Å²) in [7, 11) is 0. The summed E-state index contributed by atoms with van der Waals surface area (Å²) in [6.07, 6.45) is 1.64. The average Bonchev–Trinajstić information content (AvgIpc) is 2.76. The first-order chi connectivity index (χ1) is 9.06. The first kappa shape index (κ1) is 13.8. The minimum atomic E-state index is 0.184. The number of carbonyl (C=O) groups is 1. The van der Waals surface area contributed by atoms with Crippen molar-refractivity contribution in [1.82, 2.24) is 15.2 Å². The standard InChI is InChI=1S/C14H21N3O2/c1-10-5-6-13(18)12(16-10)8-15-11(2)9-17-7-3-4-14(17)19/h5-6,11,15,18H,3-4,7-9H2,1-2H3. The number of amides is 1. The van der Waals surface area contributed by atoms with E-state index in [0.29, 0.717) is 25.2 Å². The van der Waals surface area contributed by atoms with Crippen LogP contribution in [0.4, 0.5) is 0 Å². The highest BCUT2D eigenvalue weighted by Gasteiger charge is 2.21. The van der Waals surface area contributed by atoms with Gasteiger partial charge in [0.2, 0.25) is 5.91 Å². The molecule has 1 saturated heterocycles. The van der Waals surface area contributed by atoms with Crippen LogP contribution in [0.5, 0.6) is 5.75 Å². The second-order valence-electron chi connectivity index (χ2n) is 5.14. The van der Waals surface area contributed by atoms with Gasteiger partial charge in [-0.1, -0.05) is 0 Å². The second kappa shape index (κ2) is 6.02. The minimum Gasteiger partial charge on any atom is -0.506 e. The Kier molecular flexibility index (Phi) is 4.37. The van der Waals surface area contributed by atoms with Gasteiger partial charge < -0.3 is 15.3 Å². The van der Waals surface area contributed by atoms with E-state index in [0.717, 1.165) is 18.7 Å². The maximum atomic E-state index is 11.5. The summed E-state index contributed by atoms with van der Waals surface area (Å²) in [5.74, 6) is 0.452. The van der Waals surface area contributed by atoms with Gasteiger partial charge in [0.1, 0.15) is 5.75 Å². The van der Waals surface area contributed by atoms with Crippen molar-refractivity contribution in [3.8, 4) is 5.75 Å². The second-order valence-corrected chi connectivity index (χ2v) is 5.14. The van der Waals surface area contributed by atoms with Gasteiger partial charge in [0.05, 0.1) is 5.69 Å². The number of carbonyl (C=O) groups excluding carboxylic acids is 1. The van der Waals surface area contributed by atoms with Crippen LogP contribution < -0.4 is 5.32 Å². The molecular weight excluding hydrogens is 242 g/mol. The highest BCUT2D eigenvalue weighted by atomic mass is 16.3. The van der Waals surface area contributed by atoms with Crippen LogP contribution in [0.1, 0.15) is 31.2 Å². The van der Waals surface area contributed by atoms with E-state index in [1.807, 2.05) is 18.7 Å². The summed E-state index contributed by atoms with van der Waals surface area (Å²) in [4.78, 5) is 17.7. The molecule has 5 heteroatoms. The number of hydrogen-bond acceptors (Lipinski definition) is 4. The van der Waals surface area contributed by atoms with Gasteiger partial charge in [0, 0.05) is 37.8 Å². The topological polar surface area (TPSA) is 65.5 Å². The molecule has 1 fully saturated rings. The van der Waals surface area contributed by atoms with Crippen LogP contribution in [0.15, 0.2) is 12.1 Å². The Hall–Kier alpha value is -1.62. The molecule has 1 atom stereocenters. The smallest absolute Gasteiger partial charge is 0.222 e. The number of nitrogens with zero attached hydrogens (tertiary/aromatic N) is 2. The largest absolute Gasteiger partial charge is 0.506 e. The minimum absolute atomic E-state index is 0.184. The van der Waals surface area contributed by atoms with Crippen LogP contribution >= 0.6 is 0 Å². The van der Waals surface area contributed by atoms with Gasteiger partial charge in [-0.2, -0.15) is 0 Å². The number of aryl methyl sites for hydroxylation is 1. The molecule has 0 aromatic carbocycles. The molecule has 19 heavy (non-hydrogen) atoms. The summed E-state index contributed by atoms with van der Waals surface area (Å²) < 4.78 is 0. The molecule has 0 aliphatic carbocycles. The van der Waals surface area contributed by atoms with E-state index in [2.05, 4.69) is 10.3 Å². The lowest BCUT2D eigenvalue weighted by molar-refractivity contribution is -0.127. The van der Waals surface area contributed by atoms with Crippen LogP contribution in [0.2, 0.25) is 0 Å². The van der Waals surface area contributed by atoms with Gasteiger partial charge in [0.25, 0.3) is 0 Å². The summed E-state index contributed by atoms with van der Waals surface area (Å²) in [6.45, 7) is 6.02. The van der Waals surface area contributed by atoms with Gasteiger partial charge >= 0.3 is 0 Å². The normalized spacial score (nSPS) is 16.9. The molecule has 1 amide bonds. The molecule has 1 aliphatic heterocycles. The monoisotopic (exact) mass is 263 g/mol. The van der Waals surface area contributed by atoms with Crippen LogP contribution in [-0.2, 0) is 11.3 Å². The summed E-state index contributed by atoms with van der Waals surface area (Å²) >= 11 is 0. The number of hydrogen-bond donors (Lipinski definition) is 2. The quantitative estimate of drug-likeness (QED) is 0.837. The number of nitrogens with one attached hydrogen (secondary N) is 1. The Bertz CT molecular complexity index is 462. The maximum Gasteiger partial charge on any atom is 0.222 e. The first-order valence-corrected chi connectivity index (χ1v) is 6.73. The summed E-state index contributed by atoms with van der Waals surface area (Å²) in [5.41, 5.74) is 1.54. The molecule has 0 radical (unpaired) electrons. The van der Waals surface area contributed by atoms with Crippen molar-refractivity contribution in [3.05, 3.63) is 23.5 Å². The summed E-state index contributed by atoms with van der Waals surface area (Å²) in [6, 6.07) is 3.63. The fourth-order valence-electron chi connectivity index (χ4n) is 2.30. The molecule has 0 saturated carbocycles. The Balaban J connectivity index is 1.84. The lowest BCUT2D eigenvalue weighted by Gasteiger charge is -2.21. The van der Waals surface area contributed by atoms with E-state index in [-0.39, 0.29) is 17.7 Å². The van der Waals surface area contributed by atoms with Gasteiger partial charge in [-0.15, -0.1) is 0 Å². The first-order valence-electron chi connectivity index (χ1n) is 6.73. The van der Waals surface area contributed by atoms with Gasteiger partial charge in [-0.3, -0.25) is 9.78 Å². The Morgan fingerprint density at radius 3 is 3.00 bits per heavy atom. The number of aromatic nitrogens is 1. The Morgan fingerprint density at radius 2 is 2.32 bits per heavy atom. The van der Waals surface area contributed by atoms with Crippen molar-refractivity contribution >= 4 is 5.91 Å². The zero-order valence-corrected chi connectivity index (χ0v) is 11.5. The molecule has 1 unspecified atom stereocenters. The van der Waals surface area contributed by atoms with E-state index in [1.54, 1.807) is 12.1 Å². The molecule has 1 aromatic rings. The number of rotatable bonds is 5. The maximum absolute atomic E-state index is 11.5. The molecule has 0 bridgehead atoms. The molecule has 1 aliphatic rings. The zero-order chi connectivity index (χ0) is 13.8. The average molecular weight is 263 g/mol. The molecule has 2 rings (SSSR count). The molecule has 104 valence electrons. The molecule has 2 N–H and O–H groups in total. The van der Waals surface area contributed by atoms with Crippen molar-refractivity contribution in [3.63, 3.8) is 0 Å². The van der Waals surface area contributed by atoms with E-state index in [4.69, 9.17) is 0 Å². The van der Waals surface area contributed by atoms with Crippen LogP contribution in [-0.4, -0.2) is 40.0 Å². The highest BCUT2D eigenvalue weighted by molar-refractivity contribution is 5.78. The molecular formula is C14H21N3O2. The lowest BCUT2D eigenvalue weighted by Crippen LogP contribution is -2.39. The van der Waals surface area contributed by atoms with Crippen molar-refractivity contribution in [1.29, 1.82) is 0 Å². The van der Waals surface area contributed by atoms with Crippen molar-refractivity contribution in [2.45, 2.75) is 39.3 Å². The van der Waals surface area contributed by atoms with Gasteiger partial charge in [-0.05, 0) is 32.4 Å². The predicted molar refractivity (Wildman–Crippen MR) is 72.8 cm³/mol. The van der Waals surface area contributed by atoms with Gasteiger partial charge in [-0.25, -0.2) is 0 Å². The molecule has 0 spiro atoms. The van der Waals surface area contributed by atoms with E-state index in [1.165, 1.54) is 0 Å². The van der Waals surface area contributed by atoms with Crippen LogP contribution in [0.3, 0.4) is 0 Å². The van der Waals surface area contributed by atoms with E-state index >= 15 is 0 Å². The molecule has 2 heterocycles. The van der Waals surface area contributed by atoms with Crippen molar-refractivity contribution < 1.29 is 9.90 Å². The predicted octanol–water partition coefficient (Wildman–Crippen LogP) is 1.20. The molecule has 1 aromatic heterocycles. The van der Waals surface area contributed by atoms with Crippen molar-refractivity contribution in [2.75, 3.05) is 13.1 Å². The van der Waals surface area contributed by atoms with Gasteiger partial charge in [0.15, 0.2) is 0 Å². The SMILES string of the molecule is Cc1ccc(O)c(CNC(C)CN2CCCC2=O)n1. The Labute approximate surface area is 113 Å². The number of pyridine rings is 1. The van der Waals surface area contributed by atoms with Crippen LogP contribution in [0, 0.1) is 6.92 Å². The molecule has 5 nitrogen and oxygen atoms in total. The van der Waals surface area contributed by atoms with Crippen molar-refractivity contribution in [2.24, 2.45) is 0 Å². The Morgan fingerprint density at radius 1 is 1.53 bits per heavy atom. The summed E-state index contributed by atoms with van der Waals surface area (Å²) in [5, 5.41) is 13.0.